The van der Waals surface area contributed by atoms with E-state index in [9.17, 15) is 34.6 Å². The van der Waals surface area contributed by atoms with Crippen molar-refractivity contribution < 1.29 is 29.0 Å². The van der Waals surface area contributed by atoms with E-state index >= 15 is 0 Å². The highest BCUT2D eigenvalue weighted by molar-refractivity contribution is 8.18. The number of benzene rings is 3. The van der Waals surface area contributed by atoms with Gasteiger partial charge in [-0.05, 0) is 53.7 Å². The Hall–Kier alpha value is -5.04. The fourth-order valence-electron chi connectivity index (χ4n) is 3.26. The van der Waals surface area contributed by atoms with Gasteiger partial charge in [0, 0.05) is 11.8 Å². The molecule has 1 aliphatic heterocycles. The molecule has 1 aliphatic rings. The number of imide groups is 1. The number of ether oxygens (including phenoxy) is 1. The summed E-state index contributed by atoms with van der Waals surface area (Å²) in [5, 5.41) is 24.2. The lowest BCUT2D eigenvalue weighted by molar-refractivity contribution is -0.394. The summed E-state index contributed by atoms with van der Waals surface area (Å²) in [5.41, 5.74) is 0.0605. The molecule has 0 spiro atoms. The number of non-ortho nitro benzene ring substituents is 1. The Balaban J connectivity index is 1.44. The van der Waals surface area contributed by atoms with Crippen LogP contribution in [0, 0.1) is 20.2 Å². The first-order valence-electron chi connectivity index (χ1n) is 10.5. The highest BCUT2D eigenvalue weighted by Crippen LogP contribution is 2.35. The van der Waals surface area contributed by atoms with Gasteiger partial charge in [-0.3, -0.25) is 39.5 Å². The first kappa shape index (κ1) is 25.1. The summed E-state index contributed by atoms with van der Waals surface area (Å²) in [6, 6.07) is 17.7. The van der Waals surface area contributed by atoms with E-state index in [1.54, 1.807) is 42.5 Å². The van der Waals surface area contributed by atoms with Crippen LogP contribution in [-0.2, 0) is 9.59 Å². The topological polar surface area (TPSA) is 162 Å². The largest absolute Gasteiger partial charge is 0.450 e. The molecule has 3 aromatic rings. The standard InChI is InChI=1S/C24H16N4O8S/c29-22(25-16-4-2-1-3-5-16)14-26-23(30)21(37-24(26)31)12-15-6-9-18(10-7-15)36-20-11-8-17(27(32)33)13-19(20)28(34)35/h1-13H,14H2,(H,25,29)/b21-12-. The van der Waals surface area contributed by atoms with Crippen LogP contribution in [0.25, 0.3) is 6.08 Å². The van der Waals surface area contributed by atoms with Crippen LogP contribution in [0.1, 0.15) is 5.56 Å². The quantitative estimate of drug-likeness (QED) is 0.245. The van der Waals surface area contributed by atoms with Gasteiger partial charge < -0.3 is 10.1 Å². The van der Waals surface area contributed by atoms with Crippen molar-refractivity contribution in [3.8, 4) is 11.5 Å². The van der Waals surface area contributed by atoms with E-state index in [4.69, 9.17) is 4.74 Å². The average Bonchev–Trinajstić information content (AvgIpc) is 3.13. The molecular formula is C24H16N4O8S. The SMILES string of the molecule is O=C(CN1C(=O)S/C(=C\c2ccc(Oc3ccc([N+](=O)[O-])cc3[N+](=O)[O-])cc2)C1=O)Nc1ccccc1. The number of thioether (sulfide) groups is 1. The second kappa shape index (κ2) is 10.7. The summed E-state index contributed by atoms with van der Waals surface area (Å²) in [4.78, 5) is 58.9. The van der Waals surface area contributed by atoms with Crippen molar-refractivity contribution in [2.24, 2.45) is 0 Å². The fraction of sp³-hybridized carbons (Fsp3) is 0.0417. The van der Waals surface area contributed by atoms with Crippen LogP contribution in [0.5, 0.6) is 11.5 Å². The number of hydrogen-bond acceptors (Lipinski definition) is 9. The highest BCUT2D eigenvalue weighted by Gasteiger charge is 2.36. The van der Waals surface area contributed by atoms with Crippen molar-refractivity contribution in [2.75, 3.05) is 11.9 Å². The van der Waals surface area contributed by atoms with Gasteiger partial charge in [0.25, 0.3) is 16.8 Å². The number of anilines is 1. The van der Waals surface area contributed by atoms with Crippen LogP contribution in [0.2, 0.25) is 0 Å². The van der Waals surface area contributed by atoms with E-state index in [-0.39, 0.29) is 16.4 Å². The van der Waals surface area contributed by atoms with Gasteiger partial charge in [0.15, 0.2) is 0 Å². The molecule has 12 nitrogen and oxygen atoms in total. The summed E-state index contributed by atoms with van der Waals surface area (Å²) >= 11 is 0.698. The minimum absolute atomic E-state index is 0.122. The van der Waals surface area contributed by atoms with E-state index in [1.165, 1.54) is 18.2 Å². The number of nitro benzene ring substituents is 2. The number of para-hydroxylation sites is 1. The first-order valence-corrected chi connectivity index (χ1v) is 11.3. The van der Waals surface area contributed by atoms with Crippen LogP contribution in [0.3, 0.4) is 0 Å². The van der Waals surface area contributed by atoms with Gasteiger partial charge in [-0.25, -0.2) is 0 Å². The molecule has 0 unspecified atom stereocenters. The van der Waals surface area contributed by atoms with Crippen molar-refractivity contribution in [1.82, 2.24) is 4.90 Å². The number of nitrogens with one attached hydrogen (secondary N) is 1. The molecule has 186 valence electrons. The summed E-state index contributed by atoms with van der Waals surface area (Å²) in [7, 11) is 0. The first-order chi connectivity index (χ1) is 17.7. The molecule has 1 fully saturated rings. The minimum Gasteiger partial charge on any atom is -0.450 e. The molecule has 4 rings (SSSR count). The number of carbonyl (C=O) groups is 3. The van der Waals surface area contributed by atoms with E-state index in [0.29, 0.717) is 23.0 Å². The van der Waals surface area contributed by atoms with Gasteiger partial charge in [0.2, 0.25) is 11.7 Å². The number of nitro groups is 2. The van der Waals surface area contributed by atoms with Gasteiger partial charge in [-0.2, -0.15) is 0 Å². The number of nitrogens with zero attached hydrogens (tertiary/aromatic N) is 3. The number of amides is 3. The van der Waals surface area contributed by atoms with E-state index in [0.717, 1.165) is 23.1 Å². The molecular weight excluding hydrogens is 504 g/mol. The van der Waals surface area contributed by atoms with Gasteiger partial charge >= 0.3 is 5.69 Å². The van der Waals surface area contributed by atoms with E-state index in [2.05, 4.69) is 5.32 Å². The van der Waals surface area contributed by atoms with Crippen molar-refractivity contribution in [1.29, 1.82) is 0 Å². The normalized spacial score (nSPS) is 14.1. The third kappa shape index (κ3) is 5.97. The molecule has 0 aliphatic carbocycles. The van der Waals surface area contributed by atoms with E-state index in [1.807, 2.05) is 0 Å². The molecule has 0 saturated carbocycles. The zero-order chi connectivity index (χ0) is 26.5. The second-order valence-corrected chi connectivity index (χ2v) is 8.51. The molecule has 3 aromatic carbocycles. The third-order valence-electron chi connectivity index (χ3n) is 4.99. The lowest BCUT2D eigenvalue weighted by Gasteiger charge is -2.12. The van der Waals surface area contributed by atoms with Crippen LogP contribution in [0.4, 0.5) is 21.9 Å². The maximum atomic E-state index is 12.7. The van der Waals surface area contributed by atoms with Crippen LogP contribution in [0.15, 0.2) is 77.7 Å². The Morgan fingerprint density at radius 1 is 0.973 bits per heavy atom. The fourth-order valence-corrected chi connectivity index (χ4v) is 4.10. The van der Waals surface area contributed by atoms with Gasteiger partial charge in [-0.1, -0.05) is 30.3 Å². The maximum Gasteiger partial charge on any atom is 0.318 e. The van der Waals surface area contributed by atoms with Gasteiger partial charge in [-0.15, -0.1) is 0 Å². The Bertz CT molecular complexity index is 1440. The van der Waals surface area contributed by atoms with Gasteiger partial charge in [0.05, 0.1) is 20.8 Å². The van der Waals surface area contributed by atoms with Crippen LogP contribution < -0.4 is 10.1 Å². The Labute approximate surface area is 212 Å². The summed E-state index contributed by atoms with van der Waals surface area (Å²) in [6.45, 7) is -0.433. The van der Waals surface area contributed by atoms with Crippen molar-refractivity contribution in [2.45, 2.75) is 0 Å². The highest BCUT2D eigenvalue weighted by atomic mass is 32.2. The predicted octanol–water partition coefficient (Wildman–Crippen LogP) is 4.97. The summed E-state index contributed by atoms with van der Waals surface area (Å²) in [5.74, 6) is -1.10. The van der Waals surface area contributed by atoms with E-state index < -0.39 is 44.8 Å². The van der Waals surface area contributed by atoms with Crippen LogP contribution >= 0.6 is 11.8 Å². The Kier molecular flexibility index (Phi) is 7.25. The van der Waals surface area contributed by atoms with Crippen molar-refractivity contribution in [3.63, 3.8) is 0 Å². The zero-order valence-electron chi connectivity index (χ0n) is 18.7. The third-order valence-corrected chi connectivity index (χ3v) is 5.90. The lowest BCUT2D eigenvalue weighted by Crippen LogP contribution is -2.36. The zero-order valence-corrected chi connectivity index (χ0v) is 19.5. The van der Waals surface area contributed by atoms with Gasteiger partial charge in [0.1, 0.15) is 12.3 Å². The molecule has 0 radical (unpaired) electrons. The minimum atomic E-state index is -0.785. The molecule has 1 N–H and O–H groups in total. The Morgan fingerprint density at radius 3 is 2.32 bits per heavy atom. The van der Waals surface area contributed by atoms with Crippen molar-refractivity contribution in [3.05, 3.63) is 103 Å². The lowest BCUT2D eigenvalue weighted by atomic mass is 10.2. The average molecular weight is 520 g/mol. The molecule has 0 aromatic heterocycles. The molecule has 0 bridgehead atoms. The molecule has 37 heavy (non-hydrogen) atoms. The summed E-state index contributed by atoms with van der Waals surface area (Å²) < 4.78 is 5.51. The number of hydrogen-bond donors (Lipinski definition) is 1. The smallest absolute Gasteiger partial charge is 0.318 e. The van der Waals surface area contributed by atoms with Crippen LogP contribution in [-0.4, -0.2) is 38.3 Å². The number of rotatable bonds is 8. The predicted molar refractivity (Wildman–Crippen MR) is 134 cm³/mol. The molecule has 13 heteroatoms. The Morgan fingerprint density at radius 2 is 1.68 bits per heavy atom. The molecule has 3 amide bonds. The second-order valence-electron chi connectivity index (χ2n) is 7.52. The molecule has 0 atom stereocenters. The molecule has 1 saturated heterocycles. The maximum absolute atomic E-state index is 12.7. The monoisotopic (exact) mass is 520 g/mol. The molecule has 1 heterocycles. The number of carbonyl (C=O) groups excluding carboxylic acids is 3. The summed E-state index contributed by atoms with van der Waals surface area (Å²) in [6.07, 6.45) is 1.47. The van der Waals surface area contributed by atoms with Crippen molar-refractivity contribution >= 4 is 52.0 Å².